The molecule has 8 nitrogen and oxygen atoms in total. The number of benzene rings is 2. The zero-order valence-electron chi connectivity index (χ0n) is 17.7. The van der Waals surface area contributed by atoms with Gasteiger partial charge in [-0.1, -0.05) is 42.5 Å². The second-order valence-electron chi connectivity index (χ2n) is 8.67. The van der Waals surface area contributed by atoms with Crippen LogP contribution >= 0.6 is 0 Å². The van der Waals surface area contributed by atoms with E-state index in [0.717, 1.165) is 12.0 Å². The van der Waals surface area contributed by atoms with Crippen LogP contribution < -0.4 is 5.32 Å². The molecule has 1 N–H and O–H groups in total. The molecule has 0 radical (unpaired) electrons. The Bertz CT molecular complexity index is 1150. The molecular formula is C23H26N4O4S. The second-order valence-corrected chi connectivity index (χ2v) is 10.6. The van der Waals surface area contributed by atoms with Gasteiger partial charge in [0.1, 0.15) is 5.54 Å². The van der Waals surface area contributed by atoms with Crippen molar-refractivity contribution in [2.24, 2.45) is 0 Å². The molecule has 3 amide bonds. The van der Waals surface area contributed by atoms with Gasteiger partial charge in [0.25, 0.3) is 5.91 Å². The summed E-state index contributed by atoms with van der Waals surface area (Å²) in [5.41, 5.74) is 1.47. The molecule has 9 heteroatoms. The highest BCUT2D eigenvalue weighted by Crippen LogP contribution is 2.33. The van der Waals surface area contributed by atoms with Crippen LogP contribution in [-0.2, 0) is 27.7 Å². The van der Waals surface area contributed by atoms with Crippen LogP contribution in [0.2, 0.25) is 0 Å². The lowest BCUT2D eigenvalue weighted by molar-refractivity contribution is -0.133. The third kappa shape index (κ3) is 3.60. The summed E-state index contributed by atoms with van der Waals surface area (Å²) in [7, 11) is -3.54. The summed E-state index contributed by atoms with van der Waals surface area (Å²) in [4.78, 5) is 29.5. The van der Waals surface area contributed by atoms with Gasteiger partial charge in [-0.25, -0.2) is 18.1 Å². The SMILES string of the molecule is O=C1NC2(CCc3ccccc3C2)C(=O)N1CN1CCN(S(=O)(=O)c2ccccc2)CC1. The number of urea groups is 1. The molecule has 5 rings (SSSR count). The van der Waals surface area contributed by atoms with Crippen LogP contribution in [0.4, 0.5) is 4.79 Å². The lowest BCUT2D eigenvalue weighted by Crippen LogP contribution is -2.54. The largest absolute Gasteiger partial charge is 0.326 e. The van der Waals surface area contributed by atoms with Crippen LogP contribution in [0, 0.1) is 0 Å². The van der Waals surface area contributed by atoms with Crippen LogP contribution in [-0.4, -0.2) is 72.8 Å². The Labute approximate surface area is 187 Å². The highest BCUT2D eigenvalue weighted by atomic mass is 32.2. The van der Waals surface area contributed by atoms with Crippen molar-refractivity contribution in [1.82, 2.24) is 19.4 Å². The number of fused-ring (bicyclic) bond motifs is 1. The molecule has 3 aliphatic rings. The summed E-state index contributed by atoms with van der Waals surface area (Å²) in [6, 6.07) is 16.1. The fourth-order valence-corrected chi connectivity index (χ4v) is 6.33. The van der Waals surface area contributed by atoms with Gasteiger partial charge < -0.3 is 5.32 Å². The van der Waals surface area contributed by atoms with Crippen molar-refractivity contribution >= 4 is 22.0 Å². The van der Waals surface area contributed by atoms with E-state index in [1.165, 1.54) is 14.8 Å². The molecule has 2 aliphatic heterocycles. The van der Waals surface area contributed by atoms with Gasteiger partial charge >= 0.3 is 6.03 Å². The van der Waals surface area contributed by atoms with E-state index in [2.05, 4.69) is 11.4 Å². The van der Waals surface area contributed by atoms with E-state index < -0.39 is 15.6 Å². The van der Waals surface area contributed by atoms with E-state index in [9.17, 15) is 18.0 Å². The maximum Gasteiger partial charge on any atom is 0.326 e. The Morgan fingerprint density at radius 2 is 1.53 bits per heavy atom. The molecule has 0 aromatic heterocycles. The molecule has 0 bridgehead atoms. The van der Waals surface area contributed by atoms with Crippen LogP contribution in [0.25, 0.3) is 0 Å². The van der Waals surface area contributed by atoms with Crippen LogP contribution in [0.15, 0.2) is 59.5 Å². The summed E-state index contributed by atoms with van der Waals surface area (Å²) < 4.78 is 27.1. The number of nitrogens with zero attached hydrogens (tertiary/aromatic N) is 3. The minimum atomic E-state index is -3.54. The first kappa shape index (κ1) is 21.1. The predicted molar refractivity (Wildman–Crippen MR) is 118 cm³/mol. The van der Waals surface area contributed by atoms with Crippen LogP contribution in [0.3, 0.4) is 0 Å². The zero-order valence-corrected chi connectivity index (χ0v) is 18.6. The topological polar surface area (TPSA) is 90.0 Å². The van der Waals surface area contributed by atoms with Gasteiger partial charge in [0.05, 0.1) is 11.6 Å². The molecule has 2 aromatic rings. The van der Waals surface area contributed by atoms with Crippen molar-refractivity contribution in [3.05, 3.63) is 65.7 Å². The van der Waals surface area contributed by atoms with E-state index in [1.54, 1.807) is 30.3 Å². The Balaban J connectivity index is 1.23. The molecule has 168 valence electrons. The van der Waals surface area contributed by atoms with Crippen molar-refractivity contribution in [2.45, 2.75) is 29.7 Å². The molecule has 2 saturated heterocycles. The van der Waals surface area contributed by atoms with Crippen LogP contribution in [0.1, 0.15) is 17.5 Å². The molecule has 0 saturated carbocycles. The monoisotopic (exact) mass is 454 g/mol. The van der Waals surface area contributed by atoms with E-state index in [1.807, 2.05) is 23.1 Å². The highest BCUT2D eigenvalue weighted by Gasteiger charge is 2.52. The Kier molecular flexibility index (Phi) is 5.27. The highest BCUT2D eigenvalue weighted by molar-refractivity contribution is 7.89. The van der Waals surface area contributed by atoms with Gasteiger partial charge in [-0.15, -0.1) is 0 Å². The molecule has 2 heterocycles. The van der Waals surface area contributed by atoms with Gasteiger partial charge in [0.2, 0.25) is 10.0 Å². The first-order valence-corrected chi connectivity index (χ1v) is 12.3. The van der Waals surface area contributed by atoms with E-state index in [0.29, 0.717) is 39.0 Å². The number of nitrogens with one attached hydrogen (secondary N) is 1. The van der Waals surface area contributed by atoms with Gasteiger partial charge in [-0.3, -0.25) is 9.69 Å². The van der Waals surface area contributed by atoms with Gasteiger partial charge in [0.15, 0.2) is 0 Å². The Morgan fingerprint density at radius 3 is 2.25 bits per heavy atom. The number of imide groups is 1. The molecule has 2 aromatic carbocycles. The summed E-state index contributed by atoms with van der Waals surface area (Å²) in [6.45, 7) is 1.73. The van der Waals surface area contributed by atoms with Crippen molar-refractivity contribution < 1.29 is 18.0 Å². The number of piperazine rings is 1. The minimum Gasteiger partial charge on any atom is -0.323 e. The molecule has 32 heavy (non-hydrogen) atoms. The average Bonchev–Trinajstić information content (AvgIpc) is 3.03. The number of aryl methyl sites for hydroxylation is 1. The lowest BCUT2D eigenvalue weighted by Gasteiger charge is -2.36. The van der Waals surface area contributed by atoms with Gasteiger partial charge in [0, 0.05) is 32.6 Å². The smallest absolute Gasteiger partial charge is 0.323 e. The molecule has 2 fully saturated rings. The van der Waals surface area contributed by atoms with E-state index in [-0.39, 0.29) is 23.5 Å². The lowest BCUT2D eigenvalue weighted by atomic mass is 9.78. The fraction of sp³-hybridized carbons (Fsp3) is 0.391. The maximum atomic E-state index is 13.3. The summed E-state index contributed by atoms with van der Waals surface area (Å²) >= 11 is 0. The third-order valence-electron chi connectivity index (χ3n) is 6.73. The maximum absolute atomic E-state index is 13.3. The third-order valence-corrected chi connectivity index (χ3v) is 8.64. The number of sulfonamides is 1. The number of carbonyl (C=O) groups is 2. The standard InChI is InChI=1S/C23H26N4O4S/c28-21-23(11-10-18-6-4-5-7-19(18)16-23)24-22(29)27(21)17-25-12-14-26(15-13-25)32(30,31)20-8-2-1-3-9-20/h1-9H,10-17H2,(H,24,29). The number of amides is 3. The Morgan fingerprint density at radius 1 is 0.875 bits per heavy atom. The first-order valence-electron chi connectivity index (χ1n) is 10.9. The number of carbonyl (C=O) groups excluding carboxylic acids is 2. The fourth-order valence-electron chi connectivity index (χ4n) is 4.88. The summed E-state index contributed by atoms with van der Waals surface area (Å²) in [6.07, 6.45) is 1.85. The number of rotatable bonds is 4. The summed E-state index contributed by atoms with van der Waals surface area (Å²) in [5.74, 6) is -0.184. The molecule has 1 spiro atoms. The Hall–Kier alpha value is -2.75. The normalized spacial score (nSPS) is 24.6. The summed E-state index contributed by atoms with van der Waals surface area (Å²) in [5, 5.41) is 2.96. The molecule has 1 aliphatic carbocycles. The van der Waals surface area contributed by atoms with Gasteiger partial charge in [-0.05, 0) is 36.1 Å². The van der Waals surface area contributed by atoms with Crippen molar-refractivity contribution in [2.75, 3.05) is 32.8 Å². The molecule has 1 unspecified atom stereocenters. The molecular weight excluding hydrogens is 428 g/mol. The molecule has 1 atom stereocenters. The average molecular weight is 455 g/mol. The number of hydrogen-bond donors (Lipinski definition) is 1. The van der Waals surface area contributed by atoms with Crippen molar-refractivity contribution in [1.29, 1.82) is 0 Å². The van der Waals surface area contributed by atoms with Crippen LogP contribution in [0.5, 0.6) is 0 Å². The van der Waals surface area contributed by atoms with Gasteiger partial charge in [-0.2, -0.15) is 4.31 Å². The number of hydrogen-bond acceptors (Lipinski definition) is 5. The van der Waals surface area contributed by atoms with Crippen molar-refractivity contribution in [3.63, 3.8) is 0 Å². The predicted octanol–water partition coefficient (Wildman–Crippen LogP) is 1.43. The van der Waals surface area contributed by atoms with E-state index in [4.69, 9.17) is 0 Å². The minimum absolute atomic E-state index is 0.174. The second kappa shape index (κ2) is 7.99. The zero-order chi connectivity index (χ0) is 22.3. The quantitative estimate of drug-likeness (QED) is 0.706. The van der Waals surface area contributed by atoms with E-state index >= 15 is 0 Å². The van der Waals surface area contributed by atoms with Crippen molar-refractivity contribution in [3.8, 4) is 0 Å². The first-order chi connectivity index (χ1) is 15.4.